The van der Waals surface area contributed by atoms with Gasteiger partial charge in [0.1, 0.15) is 12.1 Å². The van der Waals surface area contributed by atoms with Crippen LogP contribution in [-0.4, -0.2) is 12.1 Å². The summed E-state index contributed by atoms with van der Waals surface area (Å²) in [6.07, 6.45) is 0.0583. The van der Waals surface area contributed by atoms with Gasteiger partial charge >= 0.3 is 0 Å². The molecule has 0 aromatic heterocycles. The van der Waals surface area contributed by atoms with E-state index in [0.29, 0.717) is 6.29 Å². The van der Waals surface area contributed by atoms with Crippen molar-refractivity contribution in [3.63, 3.8) is 0 Å². The number of carbonyl (C=O) groups is 2. The van der Waals surface area contributed by atoms with Crippen molar-refractivity contribution in [1.29, 1.82) is 0 Å². The number of carbonyl (C=O) groups excluding carboxylic acids is 2. The lowest BCUT2D eigenvalue weighted by Crippen LogP contribution is -2.02. The van der Waals surface area contributed by atoms with Crippen LogP contribution in [0.3, 0.4) is 0 Å². The van der Waals surface area contributed by atoms with E-state index in [1.165, 1.54) is 6.07 Å². The molecule has 2 nitrogen and oxygen atoms in total. The van der Waals surface area contributed by atoms with Gasteiger partial charge in [-0.15, -0.1) is 0 Å². The van der Waals surface area contributed by atoms with Gasteiger partial charge in [0.25, 0.3) is 0 Å². The van der Waals surface area contributed by atoms with Crippen LogP contribution in [-0.2, 0) is 4.79 Å². The summed E-state index contributed by atoms with van der Waals surface area (Å²) in [6, 6.07) is 2.28. The van der Waals surface area contributed by atoms with Crippen molar-refractivity contribution in [2.24, 2.45) is 0 Å². The van der Waals surface area contributed by atoms with Gasteiger partial charge < -0.3 is 4.79 Å². The number of aldehydes is 1. The van der Waals surface area contributed by atoms with Gasteiger partial charge in [0, 0.05) is 0 Å². The molecule has 0 aliphatic rings. The first-order chi connectivity index (χ1) is 6.57. The predicted octanol–water partition coefficient (Wildman–Crippen LogP) is 2.90. The molecule has 0 N–H and O–H groups in total. The molecule has 0 radical (unpaired) electrons. The average Bonchev–Trinajstić information content (AvgIpc) is 2.13. The minimum Gasteiger partial charge on any atom is -0.303 e. The topological polar surface area (TPSA) is 34.1 Å². The molecule has 0 amide bonds. The molecule has 14 heavy (non-hydrogen) atoms. The zero-order valence-corrected chi connectivity index (χ0v) is 8.40. The molecule has 1 aromatic rings. The largest absolute Gasteiger partial charge is 0.303 e. The van der Waals surface area contributed by atoms with Crippen LogP contribution >= 0.6 is 23.2 Å². The highest BCUT2D eigenvalue weighted by atomic mass is 35.5. The van der Waals surface area contributed by atoms with Crippen LogP contribution in [0.15, 0.2) is 12.1 Å². The molecule has 0 fully saturated rings. The molecule has 0 saturated carbocycles. The van der Waals surface area contributed by atoms with E-state index in [2.05, 4.69) is 0 Å². The second kappa shape index (κ2) is 4.53. The summed E-state index contributed by atoms with van der Waals surface area (Å²) in [7, 11) is 0. The zero-order chi connectivity index (χ0) is 10.7. The fourth-order valence-electron chi connectivity index (χ4n) is 0.960. The summed E-state index contributed by atoms with van der Waals surface area (Å²) < 4.78 is 12.9. The molecule has 5 heteroatoms. The molecule has 0 unspecified atom stereocenters. The normalized spacial score (nSPS) is 9.93. The van der Waals surface area contributed by atoms with Crippen LogP contribution in [0.5, 0.6) is 0 Å². The van der Waals surface area contributed by atoms with Gasteiger partial charge in [-0.05, 0) is 12.1 Å². The first-order valence-corrected chi connectivity index (χ1v) is 4.44. The van der Waals surface area contributed by atoms with E-state index in [9.17, 15) is 14.0 Å². The first-order valence-electron chi connectivity index (χ1n) is 3.68. The van der Waals surface area contributed by atoms with Crippen molar-refractivity contribution in [2.75, 3.05) is 0 Å². The molecule has 0 aliphatic carbocycles. The highest BCUT2D eigenvalue weighted by Crippen LogP contribution is 2.27. The van der Waals surface area contributed by atoms with Gasteiger partial charge in [-0.3, -0.25) is 4.79 Å². The van der Waals surface area contributed by atoms with Crippen molar-refractivity contribution in [3.05, 3.63) is 33.6 Å². The highest BCUT2D eigenvalue weighted by molar-refractivity contribution is 6.40. The summed E-state index contributed by atoms with van der Waals surface area (Å²) in [6.45, 7) is 0. The number of hydrogen-bond acceptors (Lipinski definition) is 2. The first kappa shape index (κ1) is 11.1. The van der Waals surface area contributed by atoms with Gasteiger partial charge in [-0.1, -0.05) is 23.2 Å². The van der Waals surface area contributed by atoms with Gasteiger partial charge in [0.2, 0.25) is 0 Å². The smallest absolute Gasteiger partial charge is 0.173 e. The third kappa shape index (κ3) is 2.11. The Morgan fingerprint density at radius 3 is 2.64 bits per heavy atom. The third-order valence-electron chi connectivity index (χ3n) is 1.59. The van der Waals surface area contributed by atoms with E-state index in [0.717, 1.165) is 6.07 Å². The number of hydrogen-bond donors (Lipinski definition) is 0. The number of ketones is 1. The Morgan fingerprint density at radius 2 is 2.07 bits per heavy atom. The number of benzene rings is 1. The predicted molar refractivity (Wildman–Crippen MR) is 51.4 cm³/mol. The van der Waals surface area contributed by atoms with Crippen LogP contribution in [0.25, 0.3) is 0 Å². The van der Waals surface area contributed by atoms with Gasteiger partial charge in [-0.2, -0.15) is 0 Å². The second-order valence-corrected chi connectivity index (χ2v) is 3.30. The number of rotatable bonds is 3. The summed E-state index contributed by atoms with van der Waals surface area (Å²) in [5.74, 6) is -1.32. The maximum atomic E-state index is 12.9. The Morgan fingerprint density at radius 1 is 1.43 bits per heavy atom. The van der Waals surface area contributed by atoms with Crippen LogP contribution < -0.4 is 0 Å². The fraction of sp³-hybridized carbons (Fsp3) is 0.111. The molecule has 0 heterocycles. The van der Waals surface area contributed by atoms with Crippen molar-refractivity contribution >= 4 is 35.3 Å². The molecule has 0 spiro atoms. The molecular formula is C9H5Cl2FO2. The van der Waals surface area contributed by atoms with Crippen molar-refractivity contribution in [3.8, 4) is 0 Å². The number of halogens is 3. The Labute approximate surface area is 89.6 Å². The molecule has 1 rings (SSSR count). The fourth-order valence-corrected chi connectivity index (χ4v) is 1.54. The molecular weight excluding hydrogens is 230 g/mol. The summed E-state index contributed by atoms with van der Waals surface area (Å²) >= 11 is 11.2. The molecule has 1 aromatic carbocycles. The molecule has 0 aliphatic heterocycles. The minimum atomic E-state index is -0.731. The van der Waals surface area contributed by atoms with E-state index < -0.39 is 11.6 Å². The SMILES string of the molecule is O=CCC(=O)c1c(Cl)ccc(F)c1Cl. The Hall–Kier alpha value is -0.930. The second-order valence-electron chi connectivity index (χ2n) is 2.51. The van der Waals surface area contributed by atoms with Crippen molar-refractivity contribution < 1.29 is 14.0 Å². The monoisotopic (exact) mass is 234 g/mol. The Balaban J connectivity index is 3.25. The van der Waals surface area contributed by atoms with Crippen LogP contribution in [0.4, 0.5) is 4.39 Å². The average molecular weight is 235 g/mol. The maximum absolute atomic E-state index is 12.9. The molecule has 0 atom stereocenters. The lowest BCUT2D eigenvalue weighted by atomic mass is 10.1. The van der Waals surface area contributed by atoms with Gasteiger partial charge in [0.15, 0.2) is 5.78 Å². The van der Waals surface area contributed by atoms with Crippen LogP contribution in [0.2, 0.25) is 10.0 Å². The summed E-state index contributed by atoms with van der Waals surface area (Å²) in [5.41, 5.74) is -0.138. The van der Waals surface area contributed by atoms with E-state index in [4.69, 9.17) is 23.2 Å². The quantitative estimate of drug-likeness (QED) is 0.349. The minimum absolute atomic E-state index is 0.0447. The van der Waals surface area contributed by atoms with Crippen LogP contribution in [0.1, 0.15) is 16.8 Å². The van der Waals surface area contributed by atoms with Crippen molar-refractivity contribution in [1.82, 2.24) is 0 Å². The van der Waals surface area contributed by atoms with Crippen molar-refractivity contribution in [2.45, 2.75) is 6.42 Å². The van der Waals surface area contributed by atoms with E-state index in [-0.39, 0.29) is 22.0 Å². The standard InChI is InChI=1S/C9H5Cl2FO2/c10-5-1-2-6(12)9(11)8(5)7(14)3-4-13/h1-2,4H,3H2. The van der Waals surface area contributed by atoms with Gasteiger partial charge in [0.05, 0.1) is 22.0 Å². The lowest BCUT2D eigenvalue weighted by Gasteiger charge is -2.04. The zero-order valence-electron chi connectivity index (χ0n) is 6.89. The Bertz CT molecular complexity index is 391. The summed E-state index contributed by atoms with van der Waals surface area (Å²) in [4.78, 5) is 21.4. The van der Waals surface area contributed by atoms with E-state index >= 15 is 0 Å². The molecule has 0 bridgehead atoms. The third-order valence-corrected chi connectivity index (χ3v) is 2.28. The van der Waals surface area contributed by atoms with Crippen LogP contribution in [0, 0.1) is 5.82 Å². The van der Waals surface area contributed by atoms with E-state index in [1.807, 2.05) is 0 Å². The Kier molecular flexibility index (Phi) is 3.61. The van der Waals surface area contributed by atoms with Gasteiger partial charge in [-0.25, -0.2) is 4.39 Å². The maximum Gasteiger partial charge on any atom is 0.173 e. The molecule has 0 saturated heterocycles. The van der Waals surface area contributed by atoms with E-state index in [1.54, 1.807) is 0 Å². The highest BCUT2D eigenvalue weighted by Gasteiger charge is 2.17. The number of Topliss-reactive ketones (excluding diaryl/α,β-unsaturated/α-hetero) is 1. The molecule has 74 valence electrons. The lowest BCUT2D eigenvalue weighted by molar-refractivity contribution is -0.107. The summed E-state index contributed by atoms with van der Waals surface area (Å²) in [5, 5.41) is -0.299.